The molecule has 0 bridgehead atoms. The van der Waals surface area contributed by atoms with Gasteiger partial charge in [0.05, 0.1) is 5.92 Å². The predicted octanol–water partition coefficient (Wildman–Crippen LogP) is 2.58. The van der Waals surface area contributed by atoms with Crippen molar-refractivity contribution in [1.82, 2.24) is 5.32 Å². The number of aliphatic carboxylic acids is 1. The molecule has 5 nitrogen and oxygen atoms in total. The average molecular weight is 319 g/mol. The highest BCUT2D eigenvalue weighted by atomic mass is 16.4. The highest BCUT2D eigenvalue weighted by Crippen LogP contribution is 2.14. The van der Waals surface area contributed by atoms with Gasteiger partial charge in [-0.3, -0.25) is 14.4 Å². The monoisotopic (exact) mass is 319 g/mol. The molecule has 5 heteroatoms. The lowest BCUT2D eigenvalue weighted by atomic mass is 9.95. The summed E-state index contributed by atoms with van der Waals surface area (Å²) in [5, 5.41) is 11.9. The fourth-order valence-corrected chi connectivity index (χ4v) is 2.25. The Hall–Kier alpha value is -2.17. The van der Waals surface area contributed by atoms with E-state index in [1.165, 1.54) is 0 Å². The lowest BCUT2D eigenvalue weighted by Crippen LogP contribution is -2.42. The molecule has 0 unspecified atom stereocenters. The molecule has 0 saturated heterocycles. The van der Waals surface area contributed by atoms with Gasteiger partial charge in [0, 0.05) is 24.8 Å². The van der Waals surface area contributed by atoms with Crippen molar-refractivity contribution < 1.29 is 19.5 Å². The third-order valence-corrected chi connectivity index (χ3v) is 3.30. The lowest BCUT2D eigenvalue weighted by molar-refractivity contribution is -0.146. The van der Waals surface area contributed by atoms with Crippen molar-refractivity contribution in [3.8, 4) is 0 Å². The zero-order chi connectivity index (χ0) is 17.5. The number of nitrogens with one attached hydrogen (secondary N) is 1. The Kier molecular flexibility index (Phi) is 6.94. The van der Waals surface area contributed by atoms with Crippen LogP contribution in [0.4, 0.5) is 0 Å². The Morgan fingerprint density at radius 2 is 1.70 bits per heavy atom. The summed E-state index contributed by atoms with van der Waals surface area (Å²) in [5.74, 6) is -2.56. The number of carboxylic acid groups (broad SMARTS) is 1. The maximum Gasteiger partial charge on any atom is 0.307 e. The predicted molar refractivity (Wildman–Crippen MR) is 88.0 cm³/mol. The fourth-order valence-electron chi connectivity index (χ4n) is 2.25. The lowest BCUT2D eigenvalue weighted by Gasteiger charge is -2.21. The maximum absolute atomic E-state index is 12.0. The van der Waals surface area contributed by atoms with Gasteiger partial charge in [-0.05, 0) is 32.8 Å². The van der Waals surface area contributed by atoms with Crippen LogP contribution in [0.1, 0.15) is 45.6 Å². The zero-order valence-electron chi connectivity index (χ0n) is 14.0. The van der Waals surface area contributed by atoms with Gasteiger partial charge < -0.3 is 10.4 Å². The van der Waals surface area contributed by atoms with Crippen molar-refractivity contribution >= 4 is 17.7 Å². The van der Waals surface area contributed by atoms with Crippen LogP contribution in [0.15, 0.2) is 30.3 Å². The van der Waals surface area contributed by atoms with Gasteiger partial charge in [0.25, 0.3) is 0 Å². The van der Waals surface area contributed by atoms with Crippen LogP contribution in [-0.4, -0.2) is 28.3 Å². The van der Waals surface area contributed by atoms with E-state index in [0.29, 0.717) is 6.42 Å². The molecule has 0 fully saturated rings. The largest absolute Gasteiger partial charge is 0.481 e. The van der Waals surface area contributed by atoms with E-state index in [9.17, 15) is 19.5 Å². The molecule has 126 valence electrons. The normalized spacial score (nSPS) is 12.5. The second-order valence-corrected chi connectivity index (χ2v) is 6.77. The van der Waals surface area contributed by atoms with Crippen molar-refractivity contribution in [3.05, 3.63) is 35.9 Å². The van der Waals surface area contributed by atoms with Crippen LogP contribution in [-0.2, 0) is 20.8 Å². The van der Waals surface area contributed by atoms with Crippen molar-refractivity contribution in [2.75, 3.05) is 0 Å². The van der Waals surface area contributed by atoms with Crippen molar-refractivity contribution in [3.63, 3.8) is 0 Å². The molecule has 1 aromatic rings. The Balaban J connectivity index is 2.50. The van der Waals surface area contributed by atoms with E-state index < -0.39 is 17.4 Å². The van der Waals surface area contributed by atoms with Gasteiger partial charge in [0.15, 0.2) is 0 Å². The molecule has 0 aliphatic rings. The van der Waals surface area contributed by atoms with Gasteiger partial charge in [0.1, 0.15) is 5.78 Å². The summed E-state index contributed by atoms with van der Waals surface area (Å²) in [6, 6.07) is 9.56. The molecule has 0 spiro atoms. The molecule has 0 radical (unpaired) electrons. The molecule has 0 heterocycles. The highest BCUT2D eigenvalue weighted by molar-refractivity contribution is 5.88. The van der Waals surface area contributed by atoms with Crippen LogP contribution in [0.25, 0.3) is 0 Å². The minimum absolute atomic E-state index is 0.111. The number of carbonyl (C=O) groups is 3. The molecule has 0 aromatic heterocycles. The number of Topliss-reactive ketones (excluding diaryl/α,β-unsaturated/α-hetero) is 1. The van der Waals surface area contributed by atoms with E-state index in [1.807, 2.05) is 51.1 Å². The van der Waals surface area contributed by atoms with Crippen LogP contribution in [0, 0.1) is 5.92 Å². The summed E-state index contributed by atoms with van der Waals surface area (Å²) >= 11 is 0. The second-order valence-electron chi connectivity index (χ2n) is 6.77. The van der Waals surface area contributed by atoms with Crippen LogP contribution in [0.2, 0.25) is 0 Å². The first kappa shape index (κ1) is 18.9. The third kappa shape index (κ3) is 8.14. The second kappa shape index (κ2) is 8.46. The van der Waals surface area contributed by atoms with Gasteiger partial charge in [-0.2, -0.15) is 0 Å². The average Bonchev–Trinajstić information content (AvgIpc) is 2.43. The van der Waals surface area contributed by atoms with Gasteiger partial charge >= 0.3 is 5.97 Å². The van der Waals surface area contributed by atoms with Gasteiger partial charge in [0.2, 0.25) is 5.91 Å². The van der Waals surface area contributed by atoms with Crippen molar-refractivity contribution in [2.24, 2.45) is 5.92 Å². The molecule has 1 rings (SSSR count). The first-order valence-electron chi connectivity index (χ1n) is 7.77. The number of hydrogen-bond acceptors (Lipinski definition) is 3. The third-order valence-electron chi connectivity index (χ3n) is 3.30. The number of ketones is 1. The summed E-state index contributed by atoms with van der Waals surface area (Å²) in [7, 11) is 0. The molecule has 0 saturated carbocycles. The van der Waals surface area contributed by atoms with Crippen molar-refractivity contribution in [1.29, 1.82) is 0 Å². The standard InChI is InChI=1S/C18H25NO4/c1-18(2,3)19-16(21)12-14(17(22)23)11-15(20)10-9-13-7-5-4-6-8-13/h4-8,14H,9-12H2,1-3H3,(H,19,21)(H,22,23)/t14-/m0/s1. The Bertz CT molecular complexity index is 546. The number of aryl methyl sites for hydroxylation is 1. The number of carboxylic acids is 1. The summed E-state index contributed by atoms with van der Waals surface area (Å²) in [5.41, 5.74) is 0.621. The Labute approximate surface area is 137 Å². The Morgan fingerprint density at radius 1 is 1.09 bits per heavy atom. The maximum atomic E-state index is 12.0. The summed E-state index contributed by atoms with van der Waals surface area (Å²) < 4.78 is 0. The molecular formula is C18H25NO4. The topological polar surface area (TPSA) is 83.5 Å². The van der Waals surface area contributed by atoms with Crippen molar-refractivity contribution in [2.45, 2.75) is 52.0 Å². The molecule has 2 N–H and O–H groups in total. The number of amides is 1. The number of rotatable bonds is 8. The SMILES string of the molecule is CC(C)(C)NC(=O)C[C@H](CC(=O)CCc1ccccc1)C(=O)O. The molecule has 23 heavy (non-hydrogen) atoms. The number of carbonyl (C=O) groups excluding carboxylic acids is 2. The van der Waals surface area contributed by atoms with Gasteiger partial charge in [-0.1, -0.05) is 30.3 Å². The van der Waals surface area contributed by atoms with E-state index in [4.69, 9.17) is 0 Å². The smallest absolute Gasteiger partial charge is 0.307 e. The summed E-state index contributed by atoms with van der Waals surface area (Å²) in [6.45, 7) is 5.48. The molecule has 1 amide bonds. The molecule has 1 aromatic carbocycles. The van der Waals surface area contributed by atoms with Crippen LogP contribution in [0.5, 0.6) is 0 Å². The minimum atomic E-state index is -1.11. The van der Waals surface area contributed by atoms with E-state index in [-0.39, 0.29) is 31.0 Å². The highest BCUT2D eigenvalue weighted by Gasteiger charge is 2.25. The summed E-state index contributed by atoms with van der Waals surface area (Å²) in [6.07, 6.45) is 0.582. The summed E-state index contributed by atoms with van der Waals surface area (Å²) in [4.78, 5) is 35.1. The Morgan fingerprint density at radius 3 is 2.22 bits per heavy atom. The quantitative estimate of drug-likeness (QED) is 0.771. The molecule has 0 aliphatic heterocycles. The van der Waals surface area contributed by atoms with E-state index in [2.05, 4.69) is 5.32 Å². The number of hydrogen-bond donors (Lipinski definition) is 2. The van der Waals surface area contributed by atoms with Gasteiger partial charge in [-0.25, -0.2) is 0 Å². The van der Waals surface area contributed by atoms with E-state index in [1.54, 1.807) is 0 Å². The number of benzene rings is 1. The van der Waals surface area contributed by atoms with Crippen LogP contribution >= 0.6 is 0 Å². The molecule has 0 aliphatic carbocycles. The van der Waals surface area contributed by atoms with Crippen LogP contribution in [0.3, 0.4) is 0 Å². The molecular weight excluding hydrogens is 294 g/mol. The minimum Gasteiger partial charge on any atom is -0.481 e. The van der Waals surface area contributed by atoms with E-state index in [0.717, 1.165) is 5.56 Å². The molecule has 1 atom stereocenters. The van der Waals surface area contributed by atoms with Gasteiger partial charge in [-0.15, -0.1) is 0 Å². The first-order valence-corrected chi connectivity index (χ1v) is 7.77. The zero-order valence-corrected chi connectivity index (χ0v) is 14.0. The fraction of sp³-hybridized carbons (Fsp3) is 0.500. The van der Waals surface area contributed by atoms with Crippen LogP contribution < -0.4 is 5.32 Å². The first-order chi connectivity index (χ1) is 10.7. The van der Waals surface area contributed by atoms with E-state index >= 15 is 0 Å².